The van der Waals surface area contributed by atoms with Gasteiger partial charge in [0.15, 0.2) is 0 Å². The Hall–Kier alpha value is -2.66. The first-order chi connectivity index (χ1) is 14.4. The second-order valence-corrected chi connectivity index (χ2v) is 8.68. The molecule has 0 saturated carbocycles. The number of fused-ring (bicyclic) bond motifs is 1. The number of para-hydroxylation sites is 1. The molecule has 2 aromatic rings. The van der Waals surface area contributed by atoms with Crippen LogP contribution in [0.2, 0.25) is 0 Å². The van der Waals surface area contributed by atoms with Crippen LogP contribution in [0, 0.1) is 0 Å². The Morgan fingerprint density at radius 2 is 1.87 bits per heavy atom. The van der Waals surface area contributed by atoms with Crippen molar-refractivity contribution in [2.24, 2.45) is 0 Å². The van der Waals surface area contributed by atoms with E-state index in [4.69, 9.17) is 9.47 Å². The van der Waals surface area contributed by atoms with E-state index in [0.717, 1.165) is 15.6 Å². The molecule has 0 radical (unpaired) electrons. The summed E-state index contributed by atoms with van der Waals surface area (Å²) in [7, 11) is -0.990. The molecule has 1 unspecified atom stereocenters. The number of hydrogen-bond acceptors (Lipinski definition) is 7. The Kier molecular flexibility index (Phi) is 6.93. The molecule has 9 nitrogen and oxygen atoms in total. The van der Waals surface area contributed by atoms with Gasteiger partial charge in [-0.1, -0.05) is 18.2 Å². The molecule has 30 heavy (non-hydrogen) atoms. The van der Waals surface area contributed by atoms with Crippen molar-refractivity contribution in [2.75, 3.05) is 38.8 Å². The Morgan fingerprint density at radius 1 is 1.17 bits per heavy atom. The van der Waals surface area contributed by atoms with E-state index in [-0.39, 0.29) is 18.0 Å². The van der Waals surface area contributed by atoms with Gasteiger partial charge in [0.2, 0.25) is 10.0 Å². The lowest BCUT2D eigenvalue weighted by Gasteiger charge is -2.30. The molecule has 0 bridgehead atoms. The predicted molar refractivity (Wildman–Crippen MR) is 110 cm³/mol. The van der Waals surface area contributed by atoms with Gasteiger partial charge in [-0.15, -0.1) is 0 Å². The molecule has 0 saturated heterocycles. The number of rotatable bonds is 7. The van der Waals surface area contributed by atoms with E-state index in [1.54, 1.807) is 24.7 Å². The average Bonchev–Trinajstić information content (AvgIpc) is 2.94. The van der Waals surface area contributed by atoms with Gasteiger partial charge in [-0.05, 0) is 35.9 Å². The van der Waals surface area contributed by atoms with Crippen LogP contribution in [0.5, 0.6) is 5.75 Å². The third kappa shape index (κ3) is 4.41. The summed E-state index contributed by atoms with van der Waals surface area (Å²) < 4.78 is 38.3. The minimum atomic E-state index is -4.05. The number of hydrogen-bond donors (Lipinski definition) is 2. The van der Waals surface area contributed by atoms with Gasteiger partial charge >= 0.3 is 0 Å². The van der Waals surface area contributed by atoms with Crippen molar-refractivity contribution in [2.45, 2.75) is 17.5 Å². The van der Waals surface area contributed by atoms with Crippen molar-refractivity contribution >= 4 is 21.6 Å². The molecule has 1 amide bonds. The topological polar surface area (TPSA) is 108 Å². The molecular weight excluding hydrogens is 410 g/mol. The van der Waals surface area contributed by atoms with Crippen LogP contribution in [-0.4, -0.2) is 63.8 Å². The molecule has 0 aliphatic carbocycles. The van der Waals surface area contributed by atoms with Gasteiger partial charge in [-0.25, -0.2) is 13.9 Å². The van der Waals surface area contributed by atoms with Crippen molar-refractivity contribution in [3.05, 3.63) is 54.1 Å². The zero-order valence-corrected chi connectivity index (χ0v) is 17.6. The molecule has 3 rings (SSSR count). The highest BCUT2D eigenvalue weighted by Gasteiger charge is 2.40. The van der Waals surface area contributed by atoms with E-state index in [9.17, 15) is 18.4 Å². The van der Waals surface area contributed by atoms with Gasteiger partial charge < -0.3 is 14.4 Å². The molecule has 1 aliphatic rings. The van der Waals surface area contributed by atoms with E-state index < -0.39 is 22.0 Å². The maximum Gasteiger partial charge on any atom is 0.263 e. The van der Waals surface area contributed by atoms with Crippen LogP contribution in [0.1, 0.15) is 5.56 Å². The fourth-order valence-electron chi connectivity index (χ4n) is 3.47. The quantitative estimate of drug-likeness (QED) is 0.497. The number of benzene rings is 2. The van der Waals surface area contributed by atoms with E-state index in [1.807, 2.05) is 29.2 Å². The molecule has 0 aromatic heterocycles. The van der Waals surface area contributed by atoms with Crippen LogP contribution in [-0.2, 0) is 26.1 Å². The number of carbonyl (C=O) groups is 1. The summed E-state index contributed by atoms with van der Waals surface area (Å²) in [5.41, 5.74) is 3.18. The van der Waals surface area contributed by atoms with Crippen LogP contribution in [0.3, 0.4) is 0 Å². The van der Waals surface area contributed by atoms with Gasteiger partial charge in [0.1, 0.15) is 11.8 Å². The molecule has 1 aliphatic heterocycles. The maximum atomic E-state index is 13.5. The number of hydroxylamine groups is 1. The van der Waals surface area contributed by atoms with Gasteiger partial charge in [-0.2, -0.15) is 4.31 Å². The minimum absolute atomic E-state index is 0.0217. The number of methoxy groups -OCH3 is 2. The Morgan fingerprint density at radius 3 is 2.50 bits per heavy atom. The molecule has 0 spiro atoms. The standard InChI is InChI=1S/C20H25N3O6S/c1-28-12-11-22-14-19(20(24)21-25)23(13-15-5-3-4-6-18(15)22)30(26,27)17-9-7-16(29-2)8-10-17/h3-10,19,25H,11-14H2,1-2H3,(H,21,24). The molecule has 10 heteroatoms. The number of nitrogens with zero attached hydrogens (tertiary/aromatic N) is 2. The molecule has 1 heterocycles. The van der Waals surface area contributed by atoms with E-state index in [2.05, 4.69) is 0 Å². The third-order valence-corrected chi connectivity index (χ3v) is 6.91. The molecule has 0 fully saturated rings. The van der Waals surface area contributed by atoms with Crippen molar-refractivity contribution < 1.29 is 27.9 Å². The van der Waals surface area contributed by atoms with Crippen LogP contribution in [0.25, 0.3) is 0 Å². The zero-order valence-electron chi connectivity index (χ0n) is 16.8. The number of sulfonamides is 1. The van der Waals surface area contributed by atoms with Crippen molar-refractivity contribution in [1.29, 1.82) is 0 Å². The Labute approximate surface area is 175 Å². The van der Waals surface area contributed by atoms with Crippen molar-refractivity contribution in [1.82, 2.24) is 9.79 Å². The van der Waals surface area contributed by atoms with E-state index in [0.29, 0.717) is 18.9 Å². The zero-order chi connectivity index (χ0) is 21.7. The fraction of sp³-hybridized carbons (Fsp3) is 0.350. The molecule has 2 aromatic carbocycles. The number of amides is 1. The monoisotopic (exact) mass is 435 g/mol. The van der Waals surface area contributed by atoms with Gasteiger partial charge in [0.05, 0.1) is 18.6 Å². The summed E-state index contributed by atoms with van der Waals surface area (Å²) in [6.45, 7) is 0.889. The predicted octanol–water partition coefficient (Wildman–Crippen LogP) is 1.23. The largest absolute Gasteiger partial charge is 0.497 e. The minimum Gasteiger partial charge on any atom is -0.497 e. The summed E-state index contributed by atoms with van der Waals surface area (Å²) in [5, 5.41) is 9.30. The molecular formula is C20H25N3O6S. The first-order valence-electron chi connectivity index (χ1n) is 9.34. The maximum absolute atomic E-state index is 13.5. The first-order valence-corrected chi connectivity index (χ1v) is 10.8. The smallest absolute Gasteiger partial charge is 0.263 e. The second kappa shape index (κ2) is 9.43. The number of carbonyl (C=O) groups excluding carboxylic acids is 1. The summed E-state index contributed by atoms with van der Waals surface area (Å²) >= 11 is 0. The Balaban J connectivity index is 2.07. The summed E-state index contributed by atoms with van der Waals surface area (Å²) in [6.07, 6.45) is 0. The van der Waals surface area contributed by atoms with Crippen LogP contribution >= 0.6 is 0 Å². The molecule has 162 valence electrons. The molecule has 2 N–H and O–H groups in total. The van der Waals surface area contributed by atoms with Gasteiger partial charge in [-0.3, -0.25) is 10.0 Å². The number of anilines is 1. The van der Waals surface area contributed by atoms with E-state index >= 15 is 0 Å². The molecule has 1 atom stereocenters. The lowest BCUT2D eigenvalue weighted by molar-refractivity contribution is -0.133. The lowest BCUT2D eigenvalue weighted by Crippen LogP contribution is -2.52. The summed E-state index contributed by atoms with van der Waals surface area (Å²) in [6, 6.07) is 12.2. The van der Waals surface area contributed by atoms with Gasteiger partial charge in [0.25, 0.3) is 5.91 Å². The third-order valence-electron chi connectivity index (χ3n) is 5.04. The SMILES string of the molecule is COCCN1CC(C(=O)NO)N(S(=O)(=O)c2ccc(OC)cc2)Cc2ccccc21. The Bertz CT molecular complexity index is 980. The normalized spacial score (nSPS) is 17.2. The van der Waals surface area contributed by atoms with E-state index in [1.165, 1.54) is 19.2 Å². The van der Waals surface area contributed by atoms with Crippen LogP contribution in [0.15, 0.2) is 53.4 Å². The number of nitrogens with one attached hydrogen (secondary N) is 1. The van der Waals surface area contributed by atoms with Crippen molar-refractivity contribution in [3.63, 3.8) is 0 Å². The summed E-state index contributed by atoms with van der Waals surface area (Å²) in [5.74, 6) is -0.284. The summed E-state index contributed by atoms with van der Waals surface area (Å²) in [4.78, 5) is 14.5. The van der Waals surface area contributed by atoms with Crippen LogP contribution in [0.4, 0.5) is 5.69 Å². The first kappa shape index (κ1) is 22.0. The average molecular weight is 436 g/mol. The van der Waals surface area contributed by atoms with Crippen molar-refractivity contribution in [3.8, 4) is 5.75 Å². The van der Waals surface area contributed by atoms with Gasteiger partial charge in [0, 0.05) is 32.4 Å². The van der Waals surface area contributed by atoms with Crippen LogP contribution < -0.4 is 15.1 Å². The highest BCUT2D eigenvalue weighted by molar-refractivity contribution is 7.89. The fourth-order valence-corrected chi connectivity index (χ4v) is 5.02. The second-order valence-electron chi connectivity index (χ2n) is 6.79. The lowest BCUT2D eigenvalue weighted by atomic mass is 10.1. The highest BCUT2D eigenvalue weighted by atomic mass is 32.2. The number of ether oxygens (including phenoxy) is 2. The highest BCUT2D eigenvalue weighted by Crippen LogP contribution is 2.31.